The molecule has 0 aromatic carbocycles. The van der Waals surface area contributed by atoms with Gasteiger partial charge >= 0.3 is 19.8 Å². The molecule has 0 spiro atoms. The van der Waals surface area contributed by atoms with Gasteiger partial charge in [0, 0.05) is 19.4 Å². The molecule has 9 nitrogen and oxygen atoms in total. The number of esters is 2. The summed E-state index contributed by atoms with van der Waals surface area (Å²) < 4.78 is 32.8. The monoisotopic (exact) mass is 878 g/mol. The van der Waals surface area contributed by atoms with Crippen LogP contribution in [0.25, 0.3) is 0 Å². The zero-order valence-electron chi connectivity index (χ0n) is 39.1. The molecule has 0 fully saturated rings. The third kappa shape index (κ3) is 47.0. The predicted octanol–water partition coefficient (Wildman–Crippen LogP) is 14.8. The summed E-state index contributed by atoms with van der Waals surface area (Å²) in [6.07, 6.45) is 57.0. The van der Waals surface area contributed by atoms with Crippen molar-refractivity contribution in [2.45, 2.75) is 225 Å². The van der Waals surface area contributed by atoms with E-state index in [2.05, 4.69) is 62.5 Å². The van der Waals surface area contributed by atoms with E-state index in [1.54, 1.807) is 0 Å². The number of carbonyl (C=O) groups excluding carboxylic acids is 2. The fourth-order valence-corrected chi connectivity index (χ4v) is 7.50. The minimum Gasteiger partial charge on any atom is -0.462 e. The molecule has 0 aromatic heterocycles. The third-order valence-corrected chi connectivity index (χ3v) is 11.4. The van der Waals surface area contributed by atoms with Crippen LogP contribution in [0.2, 0.25) is 0 Å². The van der Waals surface area contributed by atoms with Gasteiger partial charge in [0.15, 0.2) is 6.10 Å². The molecule has 61 heavy (non-hydrogen) atoms. The first-order valence-corrected chi connectivity index (χ1v) is 26.3. The highest BCUT2D eigenvalue weighted by atomic mass is 31.2. The maximum atomic E-state index is 12.6. The molecule has 3 N–H and O–H groups in total. The summed E-state index contributed by atoms with van der Waals surface area (Å²) in [6.45, 7) is 3.65. The van der Waals surface area contributed by atoms with E-state index >= 15 is 0 Å². The first-order chi connectivity index (χ1) is 29.8. The van der Waals surface area contributed by atoms with Crippen LogP contribution in [-0.2, 0) is 32.7 Å². The van der Waals surface area contributed by atoms with Crippen molar-refractivity contribution in [1.82, 2.24) is 0 Å². The topological polar surface area (TPSA) is 134 Å². The molecule has 0 saturated carbocycles. The van der Waals surface area contributed by atoms with Gasteiger partial charge in [-0.05, 0) is 51.4 Å². The average Bonchev–Trinajstić information content (AvgIpc) is 3.25. The molecule has 0 aliphatic rings. The number of phosphoric acid groups is 1. The molecular formula is C51H92NO8P. The molecule has 0 rings (SSSR count). The Labute approximate surface area is 374 Å². The maximum Gasteiger partial charge on any atom is 0.472 e. The third-order valence-electron chi connectivity index (χ3n) is 10.4. The Bertz CT molecular complexity index is 1180. The van der Waals surface area contributed by atoms with E-state index in [4.69, 9.17) is 24.3 Å². The molecule has 0 amide bonds. The molecule has 0 saturated heterocycles. The van der Waals surface area contributed by atoms with Crippen LogP contribution < -0.4 is 5.73 Å². The molecular weight excluding hydrogens is 786 g/mol. The van der Waals surface area contributed by atoms with Gasteiger partial charge in [-0.3, -0.25) is 18.6 Å². The SMILES string of the molecule is CCCCC/C=C/C/C=C/C/C=C/C/C=C/C/C=C/CCC(=O)OC[C@H](COP(=O)(O)OCCN)OC(=O)CCCCCCCCCCCCCCCCCCCCCCC. The lowest BCUT2D eigenvalue weighted by Gasteiger charge is -2.19. The number of hydrogen-bond donors (Lipinski definition) is 2. The van der Waals surface area contributed by atoms with Gasteiger partial charge in [-0.25, -0.2) is 4.57 Å². The second-order valence-electron chi connectivity index (χ2n) is 16.3. The number of allylic oxidation sites excluding steroid dienone is 10. The minimum absolute atomic E-state index is 0.0431. The number of unbranched alkanes of at least 4 members (excludes halogenated alkanes) is 23. The number of phosphoric ester groups is 1. The van der Waals surface area contributed by atoms with Gasteiger partial charge in [-0.15, -0.1) is 0 Å². The highest BCUT2D eigenvalue weighted by Crippen LogP contribution is 2.43. The number of hydrogen-bond acceptors (Lipinski definition) is 8. The fraction of sp³-hybridized carbons (Fsp3) is 0.765. The van der Waals surface area contributed by atoms with E-state index in [1.165, 1.54) is 135 Å². The van der Waals surface area contributed by atoms with Gasteiger partial charge in [0.05, 0.1) is 13.2 Å². The summed E-state index contributed by atoms with van der Waals surface area (Å²) in [6, 6.07) is 0. The Kier molecular flexibility index (Phi) is 45.4. The zero-order chi connectivity index (χ0) is 44.6. The minimum atomic E-state index is -4.40. The van der Waals surface area contributed by atoms with E-state index in [0.29, 0.717) is 12.8 Å². The van der Waals surface area contributed by atoms with Gasteiger partial charge in [0.2, 0.25) is 0 Å². The largest absolute Gasteiger partial charge is 0.472 e. The lowest BCUT2D eigenvalue weighted by molar-refractivity contribution is -0.161. The van der Waals surface area contributed by atoms with Crippen LogP contribution in [0, 0.1) is 0 Å². The Balaban J connectivity index is 4.16. The van der Waals surface area contributed by atoms with Crippen molar-refractivity contribution in [1.29, 1.82) is 0 Å². The summed E-state index contributed by atoms with van der Waals surface area (Å²) in [5, 5.41) is 0. The van der Waals surface area contributed by atoms with Crippen molar-refractivity contribution >= 4 is 19.8 Å². The molecule has 0 aliphatic carbocycles. The summed E-state index contributed by atoms with van der Waals surface area (Å²) in [5.74, 6) is -0.919. The first-order valence-electron chi connectivity index (χ1n) is 24.8. The van der Waals surface area contributed by atoms with E-state index in [-0.39, 0.29) is 32.6 Å². The van der Waals surface area contributed by atoms with Gasteiger partial charge in [-0.2, -0.15) is 0 Å². The average molecular weight is 878 g/mol. The highest BCUT2D eigenvalue weighted by Gasteiger charge is 2.26. The maximum absolute atomic E-state index is 12.6. The summed E-state index contributed by atoms with van der Waals surface area (Å²) in [4.78, 5) is 35.0. The highest BCUT2D eigenvalue weighted by molar-refractivity contribution is 7.47. The standard InChI is InChI=1S/C51H92NO8P/c1-3-5-7-9-11-13-15-17-19-21-23-24-26-28-30-32-34-36-38-40-42-44-51(54)60-49(48-59-61(55,56)58-46-45-52)47-57-50(53)43-41-39-37-35-33-31-29-27-25-22-20-18-16-14-12-10-8-6-4-2/h12,14,18,20,25,27,31,33,37,39,49H,3-11,13,15-17,19,21-24,26,28-30,32,34-36,38,40-48,52H2,1-2H3,(H,55,56)/b14-12+,20-18+,27-25+,33-31+,39-37+/t49-/m1/s1. The van der Waals surface area contributed by atoms with Gasteiger partial charge < -0.3 is 20.1 Å². The fourth-order valence-electron chi connectivity index (χ4n) is 6.74. The van der Waals surface area contributed by atoms with E-state index in [1.807, 2.05) is 12.2 Å². The van der Waals surface area contributed by atoms with Crippen molar-refractivity contribution in [3.63, 3.8) is 0 Å². The second-order valence-corrected chi connectivity index (χ2v) is 17.8. The quantitative estimate of drug-likeness (QED) is 0.0265. The Morgan fingerprint density at radius 3 is 1.33 bits per heavy atom. The predicted molar refractivity (Wildman–Crippen MR) is 256 cm³/mol. The molecule has 354 valence electrons. The lowest BCUT2D eigenvalue weighted by Crippen LogP contribution is -2.29. The Hall–Kier alpha value is -2.29. The number of ether oxygens (including phenoxy) is 2. The van der Waals surface area contributed by atoms with Crippen LogP contribution in [0.15, 0.2) is 60.8 Å². The molecule has 0 heterocycles. The van der Waals surface area contributed by atoms with Crippen LogP contribution >= 0.6 is 7.82 Å². The Morgan fingerprint density at radius 2 is 0.885 bits per heavy atom. The van der Waals surface area contributed by atoms with E-state index < -0.39 is 32.5 Å². The molecule has 1 unspecified atom stereocenters. The van der Waals surface area contributed by atoms with Gasteiger partial charge in [0.25, 0.3) is 0 Å². The van der Waals surface area contributed by atoms with Gasteiger partial charge in [-0.1, -0.05) is 216 Å². The van der Waals surface area contributed by atoms with E-state index in [0.717, 1.165) is 44.9 Å². The van der Waals surface area contributed by atoms with Crippen molar-refractivity contribution in [2.24, 2.45) is 5.73 Å². The van der Waals surface area contributed by atoms with Crippen molar-refractivity contribution in [3.8, 4) is 0 Å². The van der Waals surface area contributed by atoms with Crippen LogP contribution in [0.1, 0.15) is 219 Å². The summed E-state index contributed by atoms with van der Waals surface area (Å²) in [7, 11) is -4.40. The van der Waals surface area contributed by atoms with Crippen molar-refractivity contribution in [3.05, 3.63) is 60.8 Å². The van der Waals surface area contributed by atoms with E-state index in [9.17, 15) is 19.0 Å². The molecule has 0 aromatic rings. The van der Waals surface area contributed by atoms with Crippen LogP contribution in [0.5, 0.6) is 0 Å². The second kappa shape index (κ2) is 47.2. The molecule has 0 radical (unpaired) electrons. The number of carbonyl (C=O) groups is 2. The molecule has 0 bridgehead atoms. The molecule has 0 aliphatic heterocycles. The van der Waals surface area contributed by atoms with Crippen molar-refractivity contribution in [2.75, 3.05) is 26.4 Å². The first kappa shape index (κ1) is 58.7. The van der Waals surface area contributed by atoms with Crippen LogP contribution in [-0.4, -0.2) is 49.3 Å². The lowest BCUT2D eigenvalue weighted by atomic mass is 10.0. The molecule has 10 heteroatoms. The normalized spacial score (nSPS) is 13.7. The molecule has 2 atom stereocenters. The van der Waals surface area contributed by atoms with Gasteiger partial charge in [0.1, 0.15) is 6.61 Å². The number of rotatable bonds is 46. The smallest absolute Gasteiger partial charge is 0.462 e. The number of nitrogens with two attached hydrogens (primary N) is 1. The van der Waals surface area contributed by atoms with Crippen LogP contribution in [0.3, 0.4) is 0 Å². The van der Waals surface area contributed by atoms with Crippen LogP contribution in [0.4, 0.5) is 0 Å². The van der Waals surface area contributed by atoms with Crippen molar-refractivity contribution < 1.29 is 37.6 Å². The summed E-state index contributed by atoms with van der Waals surface area (Å²) in [5.41, 5.74) is 5.36. The zero-order valence-corrected chi connectivity index (χ0v) is 40.0. The summed E-state index contributed by atoms with van der Waals surface area (Å²) >= 11 is 0. The Morgan fingerprint density at radius 1 is 0.492 bits per heavy atom.